The molecule has 27 heavy (non-hydrogen) atoms. The molecule has 2 heterocycles. The fourth-order valence-electron chi connectivity index (χ4n) is 3.71. The number of aliphatic carboxylic acids is 1. The molecule has 0 aromatic carbocycles. The minimum absolute atomic E-state index is 0.0907. The Labute approximate surface area is 156 Å². The highest BCUT2D eigenvalue weighted by atomic mass is 32.2. The number of likely N-dealkylation sites (tertiary alicyclic amines) is 1. The minimum Gasteiger partial charge on any atom is -0.475 e. The SMILES string of the molecule is CN1CCS(=O)(=O)[C@@H]2CCN(C(=O)C3CCC3)CC[C@@H]21.O=C(O)C(F)(F)F. The number of carbonyl (C=O) groups excluding carboxylic acids is 1. The van der Waals surface area contributed by atoms with Crippen LogP contribution in [0, 0.1) is 5.92 Å². The maximum Gasteiger partial charge on any atom is 0.490 e. The molecule has 2 aliphatic heterocycles. The summed E-state index contributed by atoms with van der Waals surface area (Å²) in [5.41, 5.74) is 0. The quantitative estimate of drug-likeness (QED) is 0.692. The second kappa shape index (κ2) is 8.34. The lowest BCUT2D eigenvalue weighted by Gasteiger charge is -2.37. The monoisotopic (exact) mass is 414 g/mol. The van der Waals surface area contributed by atoms with Crippen molar-refractivity contribution in [3.05, 3.63) is 0 Å². The second-order valence-electron chi connectivity index (χ2n) is 7.29. The van der Waals surface area contributed by atoms with E-state index in [1.807, 2.05) is 11.9 Å². The van der Waals surface area contributed by atoms with E-state index in [0.717, 1.165) is 32.2 Å². The lowest BCUT2D eigenvalue weighted by Crippen LogP contribution is -2.52. The average Bonchev–Trinajstić information content (AvgIpc) is 2.73. The second-order valence-corrected chi connectivity index (χ2v) is 9.63. The number of hydrogen-bond acceptors (Lipinski definition) is 5. The molecule has 3 fully saturated rings. The molecule has 11 heteroatoms. The van der Waals surface area contributed by atoms with Crippen molar-refractivity contribution >= 4 is 21.7 Å². The molecule has 3 rings (SSSR count). The molecular weight excluding hydrogens is 389 g/mol. The smallest absolute Gasteiger partial charge is 0.475 e. The van der Waals surface area contributed by atoms with Crippen LogP contribution >= 0.6 is 0 Å². The fraction of sp³-hybridized carbons (Fsp3) is 0.875. The summed E-state index contributed by atoms with van der Waals surface area (Å²) in [6, 6.07) is 0.0907. The van der Waals surface area contributed by atoms with Gasteiger partial charge < -0.3 is 14.9 Å². The van der Waals surface area contributed by atoms with Crippen LogP contribution in [0.2, 0.25) is 0 Å². The van der Waals surface area contributed by atoms with Gasteiger partial charge in [-0.2, -0.15) is 13.2 Å². The van der Waals surface area contributed by atoms with Gasteiger partial charge in [0, 0.05) is 31.6 Å². The van der Waals surface area contributed by atoms with E-state index in [0.29, 0.717) is 19.5 Å². The first kappa shape index (κ1) is 21.9. The van der Waals surface area contributed by atoms with Crippen LogP contribution in [0.3, 0.4) is 0 Å². The van der Waals surface area contributed by atoms with Gasteiger partial charge in [0.1, 0.15) is 0 Å². The largest absolute Gasteiger partial charge is 0.490 e. The molecule has 2 atom stereocenters. The predicted octanol–water partition coefficient (Wildman–Crippen LogP) is 1.14. The van der Waals surface area contributed by atoms with Crippen LogP contribution in [0.5, 0.6) is 0 Å². The number of alkyl halides is 3. The highest BCUT2D eigenvalue weighted by molar-refractivity contribution is 7.92. The predicted molar refractivity (Wildman–Crippen MR) is 90.8 cm³/mol. The third-order valence-electron chi connectivity index (χ3n) is 5.57. The standard InChI is InChI=1S/C14H24N2O3S.C2HF3O2/c1-15-9-10-20(18,19)13-6-8-16(7-5-12(13)15)14(17)11-3-2-4-11;3-2(4,5)1(6)7/h11-13H,2-10H2,1H3;(H,6,7)/t12-,13+;/m0./s1. The van der Waals surface area contributed by atoms with Crippen molar-refractivity contribution in [2.75, 3.05) is 32.4 Å². The number of fused-ring (bicyclic) bond motifs is 1. The molecule has 0 spiro atoms. The maximum atomic E-state index is 12.3. The van der Waals surface area contributed by atoms with Crippen LogP contribution in [-0.4, -0.2) is 85.1 Å². The van der Waals surface area contributed by atoms with Gasteiger partial charge in [-0.1, -0.05) is 6.42 Å². The summed E-state index contributed by atoms with van der Waals surface area (Å²) < 4.78 is 56.3. The number of carbonyl (C=O) groups is 2. The summed E-state index contributed by atoms with van der Waals surface area (Å²) in [5, 5.41) is 6.85. The zero-order valence-corrected chi connectivity index (χ0v) is 15.9. The van der Waals surface area contributed by atoms with Gasteiger partial charge in [-0.15, -0.1) is 0 Å². The van der Waals surface area contributed by atoms with Crippen LogP contribution in [-0.2, 0) is 19.4 Å². The van der Waals surface area contributed by atoms with E-state index in [1.54, 1.807) is 0 Å². The van der Waals surface area contributed by atoms with Crippen molar-refractivity contribution in [2.45, 2.75) is 49.6 Å². The Morgan fingerprint density at radius 3 is 2.07 bits per heavy atom. The van der Waals surface area contributed by atoms with E-state index in [2.05, 4.69) is 4.90 Å². The van der Waals surface area contributed by atoms with E-state index in [4.69, 9.17) is 9.90 Å². The molecule has 1 N–H and O–H groups in total. The van der Waals surface area contributed by atoms with Crippen molar-refractivity contribution in [3.8, 4) is 0 Å². The highest BCUT2D eigenvalue weighted by Crippen LogP contribution is 2.31. The van der Waals surface area contributed by atoms with Gasteiger partial charge in [-0.3, -0.25) is 4.79 Å². The molecule has 1 amide bonds. The van der Waals surface area contributed by atoms with Crippen molar-refractivity contribution < 1.29 is 36.3 Å². The average molecular weight is 414 g/mol. The van der Waals surface area contributed by atoms with E-state index in [1.165, 1.54) is 0 Å². The Hall–Kier alpha value is -1.36. The number of halogens is 3. The Morgan fingerprint density at radius 1 is 1.04 bits per heavy atom. The van der Waals surface area contributed by atoms with Crippen molar-refractivity contribution in [3.63, 3.8) is 0 Å². The molecule has 0 aromatic heterocycles. The minimum atomic E-state index is -5.08. The molecule has 1 saturated carbocycles. The number of amides is 1. The molecule has 1 aliphatic carbocycles. The van der Waals surface area contributed by atoms with Crippen molar-refractivity contribution in [2.24, 2.45) is 5.92 Å². The summed E-state index contributed by atoms with van der Waals surface area (Å²) in [7, 11) is -0.971. The van der Waals surface area contributed by atoms with E-state index < -0.39 is 22.0 Å². The Kier molecular flexibility index (Phi) is 6.77. The van der Waals surface area contributed by atoms with Gasteiger partial charge in [-0.05, 0) is 32.7 Å². The molecule has 0 radical (unpaired) electrons. The number of carboxylic acid groups (broad SMARTS) is 1. The molecular formula is C16H25F3N2O5S. The Balaban J connectivity index is 0.000000321. The Morgan fingerprint density at radius 2 is 1.59 bits per heavy atom. The lowest BCUT2D eigenvalue weighted by molar-refractivity contribution is -0.192. The molecule has 156 valence electrons. The summed E-state index contributed by atoms with van der Waals surface area (Å²) in [6.45, 7) is 1.96. The normalized spacial score (nSPS) is 28.8. The first-order chi connectivity index (χ1) is 12.4. The Bertz CT molecular complexity index is 663. The highest BCUT2D eigenvalue weighted by Gasteiger charge is 2.42. The van der Waals surface area contributed by atoms with E-state index in [9.17, 15) is 26.4 Å². The zero-order valence-electron chi connectivity index (χ0n) is 15.1. The van der Waals surface area contributed by atoms with Gasteiger partial charge in [0.15, 0.2) is 9.84 Å². The number of carboxylic acids is 1. The van der Waals surface area contributed by atoms with Crippen LogP contribution in [0.4, 0.5) is 13.2 Å². The van der Waals surface area contributed by atoms with Gasteiger partial charge in [-0.25, -0.2) is 13.2 Å². The molecule has 3 aliphatic rings. The number of sulfone groups is 1. The molecule has 0 aromatic rings. The van der Waals surface area contributed by atoms with Gasteiger partial charge in [0.25, 0.3) is 0 Å². The van der Waals surface area contributed by atoms with Crippen LogP contribution < -0.4 is 0 Å². The maximum absolute atomic E-state index is 12.3. The van der Waals surface area contributed by atoms with E-state index >= 15 is 0 Å². The number of nitrogens with zero attached hydrogens (tertiary/aromatic N) is 2. The number of rotatable bonds is 1. The third kappa shape index (κ3) is 5.34. The molecule has 0 bridgehead atoms. The fourth-order valence-corrected chi connectivity index (χ4v) is 5.84. The summed E-state index contributed by atoms with van der Waals surface area (Å²) in [5.74, 6) is -2.02. The zero-order chi connectivity index (χ0) is 20.4. The van der Waals surface area contributed by atoms with Crippen molar-refractivity contribution in [1.82, 2.24) is 9.80 Å². The van der Waals surface area contributed by atoms with Gasteiger partial charge in [0.05, 0.1) is 11.0 Å². The topological polar surface area (TPSA) is 95.0 Å². The van der Waals surface area contributed by atoms with E-state index in [-0.39, 0.29) is 28.9 Å². The molecule has 0 unspecified atom stereocenters. The van der Waals surface area contributed by atoms with Crippen LogP contribution in [0.1, 0.15) is 32.1 Å². The van der Waals surface area contributed by atoms with Gasteiger partial charge >= 0.3 is 12.1 Å². The van der Waals surface area contributed by atoms with Crippen molar-refractivity contribution in [1.29, 1.82) is 0 Å². The summed E-state index contributed by atoms with van der Waals surface area (Å²) >= 11 is 0. The third-order valence-corrected chi connectivity index (χ3v) is 7.80. The molecule has 7 nitrogen and oxygen atoms in total. The first-order valence-corrected chi connectivity index (χ1v) is 10.7. The number of hydrogen-bond donors (Lipinski definition) is 1. The summed E-state index contributed by atoms with van der Waals surface area (Å²) in [6.07, 6.45) is -0.498. The first-order valence-electron chi connectivity index (χ1n) is 8.94. The van der Waals surface area contributed by atoms with Gasteiger partial charge in [0.2, 0.25) is 5.91 Å². The van der Waals surface area contributed by atoms with Crippen LogP contribution in [0.25, 0.3) is 0 Å². The van der Waals surface area contributed by atoms with Crippen LogP contribution in [0.15, 0.2) is 0 Å². The lowest BCUT2D eigenvalue weighted by atomic mass is 9.84. The molecule has 2 saturated heterocycles. The summed E-state index contributed by atoms with van der Waals surface area (Å²) in [4.78, 5) is 25.3.